The zero-order valence-electron chi connectivity index (χ0n) is 8.98. The van der Waals surface area contributed by atoms with Gasteiger partial charge in [-0.05, 0) is 24.0 Å². The number of aliphatic imine (C=N–C) groups is 1. The van der Waals surface area contributed by atoms with Gasteiger partial charge in [-0.2, -0.15) is 16.8 Å². The lowest BCUT2D eigenvalue weighted by molar-refractivity contribution is 0.556. The zero-order chi connectivity index (χ0) is 11.0. The average molecular weight is 231 g/mol. The van der Waals surface area contributed by atoms with Crippen molar-refractivity contribution < 1.29 is 4.79 Å². The summed E-state index contributed by atoms with van der Waals surface area (Å²) in [5.41, 5.74) is 2.38. The predicted molar refractivity (Wildman–Crippen MR) is 65.5 cm³/mol. The van der Waals surface area contributed by atoms with Crippen molar-refractivity contribution in [3.05, 3.63) is 35.4 Å². The molecule has 1 saturated heterocycles. The molecule has 1 aromatic rings. The van der Waals surface area contributed by atoms with Crippen molar-refractivity contribution in [2.75, 3.05) is 11.5 Å². The fourth-order valence-electron chi connectivity index (χ4n) is 2.16. The SMILES string of the molecule is O=C=NC1(c2ccc(C3CSC3)cc2)CC1. The van der Waals surface area contributed by atoms with Gasteiger partial charge in [0, 0.05) is 17.4 Å². The highest BCUT2D eigenvalue weighted by Gasteiger charge is 2.44. The van der Waals surface area contributed by atoms with Crippen LogP contribution in [0.2, 0.25) is 0 Å². The van der Waals surface area contributed by atoms with E-state index in [9.17, 15) is 4.79 Å². The summed E-state index contributed by atoms with van der Waals surface area (Å²) in [5, 5.41) is 0. The van der Waals surface area contributed by atoms with E-state index in [-0.39, 0.29) is 5.54 Å². The number of benzene rings is 1. The smallest absolute Gasteiger partial charge is 0.211 e. The first-order valence-electron chi connectivity index (χ1n) is 5.61. The number of hydrogen-bond acceptors (Lipinski definition) is 3. The van der Waals surface area contributed by atoms with Crippen LogP contribution in [0.4, 0.5) is 0 Å². The van der Waals surface area contributed by atoms with Gasteiger partial charge in [0.1, 0.15) is 0 Å². The molecule has 0 radical (unpaired) electrons. The molecule has 2 aliphatic rings. The third-order valence-electron chi connectivity index (χ3n) is 3.54. The fraction of sp³-hybridized carbons (Fsp3) is 0.462. The standard InChI is InChI=1S/C13H13NOS/c15-9-14-13(5-6-13)12-3-1-10(2-4-12)11-7-16-8-11/h1-4,11H,5-8H2. The Morgan fingerprint density at radius 2 is 1.94 bits per heavy atom. The molecule has 82 valence electrons. The van der Waals surface area contributed by atoms with Gasteiger partial charge in [-0.25, -0.2) is 4.79 Å². The molecule has 1 aromatic carbocycles. The molecule has 1 aliphatic heterocycles. The number of thioether (sulfide) groups is 1. The number of isocyanates is 1. The first-order valence-corrected chi connectivity index (χ1v) is 6.77. The second-order valence-corrected chi connectivity index (χ2v) is 5.67. The Morgan fingerprint density at radius 3 is 2.38 bits per heavy atom. The topological polar surface area (TPSA) is 29.4 Å². The number of carbonyl (C=O) groups excluding carboxylic acids is 1. The van der Waals surface area contributed by atoms with Crippen molar-refractivity contribution >= 4 is 17.8 Å². The van der Waals surface area contributed by atoms with Crippen LogP contribution in [-0.4, -0.2) is 17.6 Å². The van der Waals surface area contributed by atoms with Crippen LogP contribution in [0.1, 0.15) is 29.9 Å². The summed E-state index contributed by atoms with van der Waals surface area (Å²) in [4.78, 5) is 14.3. The highest BCUT2D eigenvalue weighted by atomic mass is 32.2. The predicted octanol–water partition coefficient (Wildman–Crippen LogP) is 2.84. The molecule has 0 unspecified atom stereocenters. The highest BCUT2D eigenvalue weighted by Crippen LogP contribution is 2.49. The van der Waals surface area contributed by atoms with Gasteiger partial charge >= 0.3 is 0 Å². The normalized spacial score (nSPS) is 22.0. The Labute approximate surface area is 99.2 Å². The molecule has 1 saturated carbocycles. The van der Waals surface area contributed by atoms with Gasteiger partial charge < -0.3 is 0 Å². The van der Waals surface area contributed by atoms with Crippen LogP contribution in [-0.2, 0) is 10.3 Å². The van der Waals surface area contributed by atoms with Crippen molar-refractivity contribution in [1.29, 1.82) is 0 Å². The third-order valence-corrected chi connectivity index (χ3v) is 4.82. The minimum Gasteiger partial charge on any atom is -0.211 e. The molecule has 2 fully saturated rings. The molecule has 0 aromatic heterocycles. The molecule has 0 spiro atoms. The van der Waals surface area contributed by atoms with Gasteiger partial charge in [-0.1, -0.05) is 24.3 Å². The van der Waals surface area contributed by atoms with Crippen molar-refractivity contribution in [3.8, 4) is 0 Å². The van der Waals surface area contributed by atoms with Crippen LogP contribution in [0.25, 0.3) is 0 Å². The van der Waals surface area contributed by atoms with E-state index < -0.39 is 0 Å². The molecular formula is C13H13NOS. The Bertz CT molecular complexity index is 440. The minimum atomic E-state index is -0.214. The molecule has 1 heterocycles. The molecule has 3 heteroatoms. The third kappa shape index (κ3) is 1.60. The van der Waals surface area contributed by atoms with E-state index in [0.29, 0.717) is 0 Å². The van der Waals surface area contributed by atoms with E-state index in [4.69, 9.17) is 0 Å². The average Bonchev–Trinajstić information content (AvgIpc) is 2.98. The van der Waals surface area contributed by atoms with Crippen LogP contribution in [0.3, 0.4) is 0 Å². The molecule has 3 rings (SSSR count). The van der Waals surface area contributed by atoms with E-state index >= 15 is 0 Å². The number of nitrogens with zero attached hydrogens (tertiary/aromatic N) is 1. The molecule has 0 amide bonds. The van der Waals surface area contributed by atoms with Crippen molar-refractivity contribution in [2.45, 2.75) is 24.3 Å². The maximum absolute atomic E-state index is 10.4. The van der Waals surface area contributed by atoms with Gasteiger partial charge in [0.05, 0.1) is 5.54 Å². The Kier molecular flexibility index (Phi) is 2.38. The van der Waals surface area contributed by atoms with Crippen LogP contribution in [0.15, 0.2) is 29.3 Å². The fourth-order valence-corrected chi connectivity index (χ4v) is 3.02. The lowest BCUT2D eigenvalue weighted by atomic mass is 9.97. The van der Waals surface area contributed by atoms with Crippen molar-refractivity contribution in [3.63, 3.8) is 0 Å². The maximum atomic E-state index is 10.4. The molecule has 0 atom stereocenters. The Hall–Kier alpha value is -1.05. The van der Waals surface area contributed by atoms with Gasteiger partial charge in [-0.3, -0.25) is 0 Å². The first-order chi connectivity index (χ1) is 7.84. The largest absolute Gasteiger partial charge is 0.235 e. The summed E-state index contributed by atoms with van der Waals surface area (Å²) >= 11 is 2.00. The Morgan fingerprint density at radius 1 is 1.25 bits per heavy atom. The summed E-state index contributed by atoms with van der Waals surface area (Å²) in [6, 6.07) is 8.65. The van der Waals surface area contributed by atoms with Gasteiger partial charge in [-0.15, -0.1) is 0 Å². The second kappa shape index (κ2) is 3.76. The van der Waals surface area contributed by atoms with Crippen LogP contribution in [0, 0.1) is 0 Å². The van der Waals surface area contributed by atoms with Gasteiger partial charge in [0.15, 0.2) is 0 Å². The van der Waals surface area contributed by atoms with Crippen LogP contribution in [0.5, 0.6) is 0 Å². The van der Waals surface area contributed by atoms with Crippen LogP contribution >= 0.6 is 11.8 Å². The number of rotatable bonds is 3. The van der Waals surface area contributed by atoms with Crippen molar-refractivity contribution in [1.82, 2.24) is 0 Å². The summed E-state index contributed by atoms with van der Waals surface area (Å²) in [6.45, 7) is 0. The van der Waals surface area contributed by atoms with E-state index in [1.807, 2.05) is 11.8 Å². The minimum absolute atomic E-state index is 0.214. The molecule has 0 bridgehead atoms. The zero-order valence-corrected chi connectivity index (χ0v) is 9.80. The van der Waals surface area contributed by atoms with Crippen molar-refractivity contribution in [2.24, 2.45) is 4.99 Å². The highest BCUT2D eigenvalue weighted by molar-refractivity contribution is 8.00. The first kappa shape index (κ1) is 10.1. The molecule has 1 aliphatic carbocycles. The lowest BCUT2D eigenvalue weighted by Crippen LogP contribution is -2.15. The van der Waals surface area contributed by atoms with E-state index in [1.165, 1.54) is 22.6 Å². The lowest BCUT2D eigenvalue weighted by Gasteiger charge is -2.25. The van der Waals surface area contributed by atoms with Gasteiger partial charge in [0.25, 0.3) is 0 Å². The van der Waals surface area contributed by atoms with E-state index in [0.717, 1.165) is 18.8 Å². The Balaban J connectivity index is 1.84. The molecular weight excluding hydrogens is 218 g/mol. The summed E-state index contributed by atoms with van der Waals surface area (Å²) in [6.07, 6.45) is 3.67. The van der Waals surface area contributed by atoms with E-state index in [2.05, 4.69) is 29.3 Å². The summed E-state index contributed by atoms with van der Waals surface area (Å²) < 4.78 is 0. The maximum Gasteiger partial charge on any atom is 0.235 e. The molecule has 2 nitrogen and oxygen atoms in total. The summed E-state index contributed by atoms with van der Waals surface area (Å²) in [7, 11) is 0. The summed E-state index contributed by atoms with van der Waals surface area (Å²) in [5.74, 6) is 3.23. The molecule has 0 N–H and O–H groups in total. The van der Waals surface area contributed by atoms with E-state index in [1.54, 1.807) is 6.08 Å². The monoisotopic (exact) mass is 231 g/mol. The van der Waals surface area contributed by atoms with Crippen LogP contribution < -0.4 is 0 Å². The number of hydrogen-bond donors (Lipinski definition) is 0. The van der Waals surface area contributed by atoms with Gasteiger partial charge in [0.2, 0.25) is 6.08 Å². The molecule has 16 heavy (non-hydrogen) atoms. The second-order valence-electron chi connectivity index (χ2n) is 4.59. The quantitative estimate of drug-likeness (QED) is 0.591.